The molecule has 48 heavy (non-hydrogen) atoms. The van der Waals surface area contributed by atoms with E-state index < -0.39 is 6.10 Å². The molecule has 0 radical (unpaired) electrons. The van der Waals surface area contributed by atoms with Crippen molar-refractivity contribution in [1.29, 1.82) is 0 Å². The lowest BCUT2D eigenvalue weighted by atomic mass is 9.91. The summed E-state index contributed by atoms with van der Waals surface area (Å²) in [4.78, 5) is 22.6. The molecule has 0 saturated carbocycles. The molecule has 0 spiro atoms. The second-order valence-electron chi connectivity index (χ2n) is 14.1. The number of rotatable bonds is 12. The van der Waals surface area contributed by atoms with Crippen LogP contribution in [0.5, 0.6) is 5.75 Å². The van der Waals surface area contributed by atoms with Crippen LogP contribution in [0.1, 0.15) is 56.9 Å². The number of likely N-dealkylation sites (tertiary alicyclic amines) is 2. The van der Waals surface area contributed by atoms with Gasteiger partial charge in [-0.15, -0.1) is 10.2 Å². The molecular weight excluding hydrogens is 608 g/mol. The Bertz CT molecular complexity index is 1510. The molecule has 6 rings (SSSR count). The molecule has 1 amide bonds. The second-order valence-corrected chi connectivity index (χ2v) is 14.1. The van der Waals surface area contributed by atoms with Crippen molar-refractivity contribution in [3.63, 3.8) is 0 Å². The number of aliphatic hydroxyl groups excluding tert-OH is 1. The van der Waals surface area contributed by atoms with E-state index in [1.807, 2.05) is 51.2 Å². The van der Waals surface area contributed by atoms with Crippen LogP contribution < -0.4 is 10.2 Å². The molecule has 12 nitrogen and oxygen atoms in total. The SMILES string of the molecule is CNc1nnc(-c2ccccc2O)cc1N1CCN(CC2CCCN(CCCc3cc([C@H](C(=O)N4CC[C@@H](O)C4)C(C)C)on3)C2)CC1. The highest BCUT2D eigenvalue weighted by Crippen LogP contribution is 2.33. The molecular formula is C36H52N8O4. The monoisotopic (exact) mass is 660 g/mol. The highest BCUT2D eigenvalue weighted by atomic mass is 16.5. The Kier molecular flexibility index (Phi) is 11.1. The number of anilines is 2. The van der Waals surface area contributed by atoms with E-state index in [-0.39, 0.29) is 23.5 Å². The van der Waals surface area contributed by atoms with Crippen molar-refractivity contribution in [2.24, 2.45) is 11.8 Å². The third-order valence-corrected chi connectivity index (χ3v) is 10.2. The number of carbonyl (C=O) groups excluding carboxylic acids is 1. The molecule has 0 aliphatic carbocycles. The summed E-state index contributed by atoms with van der Waals surface area (Å²) in [6.07, 6.45) is 4.54. The average molecular weight is 661 g/mol. The number of amides is 1. The number of aromatic hydroxyl groups is 1. The first kappa shape index (κ1) is 34.1. The minimum Gasteiger partial charge on any atom is -0.507 e. The Morgan fingerprint density at radius 2 is 1.83 bits per heavy atom. The number of phenolic OH excluding ortho intramolecular Hbond substituents is 1. The molecule has 3 atom stereocenters. The van der Waals surface area contributed by atoms with Crippen molar-refractivity contribution in [3.8, 4) is 17.0 Å². The van der Waals surface area contributed by atoms with Gasteiger partial charge in [0.05, 0.1) is 23.2 Å². The molecule has 3 aromatic rings. The topological polar surface area (TPSA) is 134 Å². The highest BCUT2D eigenvalue weighted by molar-refractivity contribution is 5.83. The van der Waals surface area contributed by atoms with Crippen molar-refractivity contribution < 1.29 is 19.5 Å². The molecule has 5 heterocycles. The minimum absolute atomic E-state index is 0.0282. The van der Waals surface area contributed by atoms with Gasteiger partial charge in [-0.1, -0.05) is 31.1 Å². The molecule has 0 bridgehead atoms. The van der Waals surface area contributed by atoms with Crippen molar-refractivity contribution >= 4 is 17.4 Å². The number of nitrogens with zero attached hydrogens (tertiary/aromatic N) is 7. The summed E-state index contributed by atoms with van der Waals surface area (Å²) in [5.41, 5.74) is 3.29. The van der Waals surface area contributed by atoms with Gasteiger partial charge in [-0.2, -0.15) is 0 Å². The third kappa shape index (κ3) is 8.10. The molecule has 3 aliphatic heterocycles. The van der Waals surface area contributed by atoms with Gasteiger partial charge in [0.1, 0.15) is 17.4 Å². The fraction of sp³-hybridized carbons (Fsp3) is 0.611. The Hall–Kier alpha value is -3.74. The van der Waals surface area contributed by atoms with Crippen LogP contribution >= 0.6 is 0 Å². The fourth-order valence-corrected chi connectivity index (χ4v) is 7.61. The first-order valence-electron chi connectivity index (χ1n) is 17.7. The summed E-state index contributed by atoms with van der Waals surface area (Å²) in [5.74, 6) is 2.01. The molecule has 12 heteroatoms. The van der Waals surface area contributed by atoms with Crippen molar-refractivity contribution in [1.82, 2.24) is 30.1 Å². The van der Waals surface area contributed by atoms with Crippen LogP contribution in [-0.4, -0.2) is 125 Å². The van der Waals surface area contributed by atoms with E-state index in [9.17, 15) is 15.0 Å². The predicted molar refractivity (Wildman–Crippen MR) is 186 cm³/mol. The van der Waals surface area contributed by atoms with Crippen LogP contribution in [0.15, 0.2) is 40.9 Å². The smallest absolute Gasteiger partial charge is 0.233 e. The largest absolute Gasteiger partial charge is 0.507 e. The molecule has 3 N–H and O–H groups in total. The Morgan fingerprint density at radius 1 is 1.02 bits per heavy atom. The first-order valence-corrected chi connectivity index (χ1v) is 17.7. The summed E-state index contributed by atoms with van der Waals surface area (Å²) >= 11 is 0. The Morgan fingerprint density at radius 3 is 2.56 bits per heavy atom. The molecule has 2 aromatic heterocycles. The molecule has 1 aromatic carbocycles. The average Bonchev–Trinajstić information content (AvgIpc) is 3.74. The summed E-state index contributed by atoms with van der Waals surface area (Å²) in [5, 5.41) is 36.6. The first-order chi connectivity index (χ1) is 23.3. The normalized spacial score (nSPS) is 21.6. The van der Waals surface area contributed by atoms with E-state index in [0.29, 0.717) is 42.4 Å². The number of phenols is 1. The predicted octanol–water partition coefficient (Wildman–Crippen LogP) is 3.68. The van der Waals surface area contributed by atoms with Crippen LogP contribution in [0.2, 0.25) is 0 Å². The summed E-state index contributed by atoms with van der Waals surface area (Å²) in [7, 11) is 1.87. The number of aliphatic hydroxyl groups is 1. The van der Waals surface area contributed by atoms with E-state index >= 15 is 0 Å². The van der Waals surface area contributed by atoms with E-state index in [0.717, 1.165) is 82.4 Å². The van der Waals surface area contributed by atoms with Crippen molar-refractivity contribution in [2.45, 2.75) is 58.0 Å². The number of piperidine rings is 1. The van der Waals surface area contributed by atoms with Gasteiger partial charge in [0, 0.05) is 71.0 Å². The lowest BCUT2D eigenvalue weighted by Gasteiger charge is -2.40. The summed E-state index contributed by atoms with van der Waals surface area (Å²) in [6, 6.07) is 11.3. The third-order valence-electron chi connectivity index (χ3n) is 10.2. The van der Waals surface area contributed by atoms with E-state index in [4.69, 9.17) is 4.52 Å². The van der Waals surface area contributed by atoms with Gasteiger partial charge in [0.25, 0.3) is 0 Å². The van der Waals surface area contributed by atoms with Crippen molar-refractivity contribution in [2.75, 3.05) is 82.7 Å². The molecule has 1 unspecified atom stereocenters. The van der Waals surface area contributed by atoms with E-state index in [1.54, 1.807) is 11.0 Å². The zero-order valence-electron chi connectivity index (χ0n) is 28.7. The lowest BCUT2D eigenvalue weighted by molar-refractivity contribution is -0.133. The van der Waals surface area contributed by atoms with Crippen LogP contribution in [0.4, 0.5) is 11.5 Å². The second kappa shape index (κ2) is 15.7. The standard InChI is InChI=1S/C36H52N8O4/c1-25(2)34(36(47)44-15-12-28(45)24-44)33-20-27(40-48-33)9-7-14-41-13-6-8-26(22-41)23-42-16-18-43(19-17-42)31-21-30(38-39-35(31)37-3)29-10-4-5-11-32(29)46/h4-5,10-11,20-21,25-26,28,34,45-46H,6-9,12-19,22-24H2,1-3H3,(H,37,39)/t26?,28-,34-/m1/s1. The van der Waals surface area contributed by atoms with Crippen molar-refractivity contribution in [3.05, 3.63) is 47.9 Å². The van der Waals surface area contributed by atoms with Crippen LogP contribution in [0, 0.1) is 11.8 Å². The number of aromatic nitrogens is 3. The highest BCUT2D eigenvalue weighted by Gasteiger charge is 2.35. The van der Waals surface area contributed by atoms with Gasteiger partial charge < -0.3 is 34.8 Å². The number of β-amino-alcohol motifs (C(OH)–C–C–N with tert-alkyl or cyclic N) is 1. The number of hydrogen-bond acceptors (Lipinski definition) is 11. The zero-order chi connectivity index (χ0) is 33.6. The van der Waals surface area contributed by atoms with Gasteiger partial charge in [0.2, 0.25) is 5.91 Å². The number of para-hydroxylation sites is 1. The summed E-state index contributed by atoms with van der Waals surface area (Å²) < 4.78 is 5.72. The number of aryl methyl sites for hydroxylation is 1. The maximum Gasteiger partial charge on any atom is 0.233 e. The number of piperazine rings is 1. The number of benzene rings is 1. The lowest BCUT2D eigenvalue weighted by Crippen LogP contribution is -2.50. The molecule has 3 fully saturated rings. The molecule has 3 saturated heterocycles. The maximum absolute atomic E-state index is 13.2. The Balaban J connectivity index is 0.961. The fourth-order valence-electron chi connectivity index (χ4n) is 7.61. The van der Waals surface area contributed by atoms with Crippen LogP contribution in [0.25, 0.3) is 11.3 Å². The molecule has 260 valence electrons. The Labute approximate surface area is 284 Å². The number of hydrogen-bond donors (Lipinski definition) is 3. The summed E-state index contributed by atoms with van der Waals surface area (Å²) in [6.45, 7) is 13.3. The van der Waals surface area contributed by atoms with Gasteiger partial charge >= 0.3 is 0 Å². The van der Waals surface area contributed by atoms with Gasteiger partial charge in [-0.05, 0) is 75.2 Å². The number of nitrogens with one attached hydrogen (secondary N) is 1. The van der Waals surface area contributed by atoms with E-state index in [2.05, 4.69) is 35.4 Å². The molecule has 3 aliphatic rings. The van der Waals surface area contributed by atoms with Gasteiger partial charge in [-0.25, -0.2) is 0 Å². The zero-order valence-corrected chi connectivity index (χ0v) is 28.7. The maximum atomic E-state index is 13.2. The van der Waals surface area contributed by atoms with Gasteiger partial charge in [0.15, 0.2) is 5.82 Å². The van der Waals surface area contributed by atoms with Crippen LogP contribution in [0.3, 0.4) is 0 Å². The quantitative estimate of drug-likeness (QED) is 0.263. The van der Waals surface area contributed by atoms with Gasteiger partial charge in [-0.3, -0.25) is 9.69 Å². The van der Waals surface area contributed by atoms with Crippen LogP contribution in [-0.2, 0) is 11.2 Å². The minimum atomic E-state index is -0.430. The number of carbonyl (C=O) groups is 1. The van der Waals surface area contributed by atoms with E-state index in [1.165, 1.54) is 12.8 Å².